The number of carbonyl (C=O) groups is 1. The van der Waals surface area contributed by atoms with Crippen LogP contribution in [0.15, 0.2) is 36.4 Å². The first kappa shape index (κ1) is 22.3. The fourth-order valence-corrected chi connectivity index (χ4v) is 4.38. The van der Waals surface area contributed by atoms with Gasteiger partial charge in [0.15, 0.2) is 0 Å². The summed E-state index contributed by atoms with van der Waals surface area (Å²) in [5, 5.41) is 9.10. The fraction of sp³-hybridized carbons (Fsp3) is 0.444. The molecule has 3 heteroatoms. The summed E-state index contributed by atoms with van der Waals surface area (Å²) in [6, 6.07) is 11.8. The van der Waals surface area contributed by atoms with Gasteiger partial charge in [-0.15, -0.1) is 0 Å². The molecular weight excluding hydrogens is 372 g/mol. The SMILES string of the molecule is COCCCc1cc2c(cc1C=Cc1ccc(C(=O)O)cc1)C(C)(C)CCC2(C)C. The summed E-state index contributed by atoms with van der Waals surface area (Å²) in [5.41, 5.74) is 7.21. The van der Waals surface area contributed by atoms with Crippen molar-refractivity contribution >= 4 is 18.1 Å². The summed E-state index contributed by atoms with van der Waals surface area (Å²) < 4.78 is 5.28. The first-order valence-corrected chi connectivity index (χ1v) is 10.8. The number of ether oxygens (including phenoxy) is 1. The van der Waals surface area contributed by atoms with Gasteiger partial charge in [0.1, 0.15) is 0 Å². The van der Waals surface area contributed by atoms with Crippen LogP contribution in [-0.2, 0) is 22.0 Å². The molecule has 0 heterocycles. The van der Waals surface area contributed by atoms with Crippen molar-refractivity contribution in [1.82, 2.24) is 0 Å². The normalized spacial score (nSPS) is 17.1. The third-order valence-corrected chi connectivity index (χ3v) is 6.52. The number of rotatable bonds is 7. The predicted octanol–water partition coefficient (Wildman–Crippen LogP) is 6.48. The molecule has 3 nitrogen and oxygen atoms in total. The molecule has 30 heavy (non-hydrogen) atoms. The Morgan fingerprint density at radius 2 is 1.60 bits per heavy atom. The van der Waals surface area contributed by atoms with E-state index in [1.54, 1.807) is 19.2 Å². The highest BCUT2D eigenvalue weighted by Gasteiger charge is 2.37. The maximum absolute atomic E-state index is 11.1. The van der Waals surface area contributed by atoms with Crippen LogP contribution in [0.1, 0.15) is 85.1 Å². The molecule has 1 aliphatic carbocycles. The Morgan fingerprint density at radius 3 is 2.17 bits per heavy atom. The number of carboxylic acid groups (broad SMARTS) is 1. The van der Waals surface area contributed by atoms with E-state index < -0.39 is 5.97 Å². The van der Waals surface area contributed by atoms with E-state index in [0.717, 1.165) is 25.0 Å². The summed E-state index contributed by atoms with van der Waals surface area (Å²) in [7, 11) is 1.75. The van der Waals surface area contributed by atoms with E-state index in [0.29, 0.717) is 5.56 Å². The number of hydrogen-bond donors (Lipinski definition) is 1. The van der Waals surface area contributed by atoms with Crippen molar-refractivity contribution in [3.63, 3.8) is 0 Å². The van der Waals surface area contributed by atoms with Crippen LogP contribution < -0.4 is 0 Å². The van der Waals surface area contributed by atoms with E-state index in [4.69, 9.17) is 9.84 Å². The summed E-state index contributed by atoms with van der Waals surface area (Å²) in [4.78, 5) is 11.1. The Hall–Kier alpha value is -2.39. The van der Waals surface area contributed by atoms with Gasteiger partial charge >= 0.3 is 5.97 Å². The molecule has 0 spiro atoms. The van der Waals surface area contributed by atoms with E-state index in [-0.39, 0.29) is 10.8 Å². The van der Waals surface area contributed by atoms with E-state index in [9.17, 15) is 4.79 Å². The second kappa shape index (κ2) is 8.77. The lowest BCUT2D eigenvalue weighted by Crippen LogP contribution is -2.34. The fourth-order valence-electron chi connectivity index (χ4n) is 4.38. The van der Waals surface area contributed by atoms with Gasteiger partial charge < -0.3 is 9.84 Å². The van der Waals surface area contributed by atoms with Crippen molar-refractivity contribution in [1.29, 1.82) is 0 Å². The van der Waals surface area contributed by atoms with Crippen LogP contribution in [0.25, 0.3) is 12.2 Å². The van der Waals surface area contributed by atoms with E-state index >= 15 is 0 Å². The molecule has 1 N–H and O–H groups in total. The van der Waals surface area contributed by atoms with Gasteiger partial charge in [-0.3, -0.25) is 0 Å². The monoisotopic (exact) mass is 406 g/mol. The average molecular weight is 407 g/mol. The van der Waals surface area contributed by atoms with Crippen LogP contribution in [0.5, 0.6) is 0 Å². The highest BCUT2D eigenvalue weighted by Crippen LogP contribution is 2.46. The average Bonchev–Trinajstić information content (AvgIpc) is 2.70. The largest absolute Gasteiger partial charge is 0.478 e. The molecule has 0 saturated heterocycles. The Labute approximate surface area is 180 Å². The van der Waals surface area contributed by atoms with E-state index in [1.165, 1.54) is 35.1 Å². The van der Waals surface area contributed by atoms with Gasteiger partial charge in [0.2, 0.25) is 0 Å². The second-order valence-electron chi connectivity index (χ2n) is 9.72. The number of methoxy groups -OCH3 is 1. The molecule has 0 saturated carbocycles. The quantitative estimate of drug-likeness (QED) is 0.423. The van der Waals surface area contributed by atoms with Gasteiger partial charge in [-0.05, 0) is 76.5 Å². The van der Waals surface area contributed by atoms with Crippen molar-refractivity contribution in [2.45, 2.75) is 64.2 Å². The molecule has 2 aromatic rings. The topological polar surface area (TPSA) is 46.5 Å². The number of aromatic carboxylic acids is 1. The van der Waals surface area contributed by atoms with E-state index in [2.05, 4.69) is 52.0 Å². The minimum absolute atomic E-state index is 0.168. The molecule has 3 rings (SSSR count). The molecule has 0 unspecified atom stereocenters. The Morgan fingerprint density at radius 1 is 1.00 bits per heavy atom. The van der Waals surface area contributed by atoms with Gasteiger partial charge in [0, 0.05) is 13.7 Å². The highest BCUT2D eigenvalue weighted by molar-refractivity contribution is 5.88. The number of hydrogen-bond acceptors (Lipinski definition) is 2. The predicted molar refractivity (Wildman–Crippen MR) is 124 cm³/mol. The zero-order valence-corrected chi connectivity index (χ0v) is 18.9. The molecule has 0 amide bonds. The van der Waals surface area contributed by atoms with Crippen molar-refractivity contribution in [3.8, 4) is 0 Å². The maximum atomic E-state index is 11.1. The zero-order chi connectivity index (χ0) is 21.9. The van der Waals surface area contributed by atoms with Crippen LogP contribution in [-0.4, -0.2) is 24.8 Å². The van der Waals surface area contributed by atoms with Gasteiger partial charge in [-0.25, -0.2) is 4.79 Å². The molecule has 160 valence electrons. The van der Waals surface area contributed by atoms with Crippen molar-refractivity contribution in [2.75, 3.05) is 13.7 Å². The van der Waals surface area contributed by atoms with Gasteiger partial charge in [-0.1, -0.05) is 64.1 Å². The van der Waals surface area contributed by atoms with E-state index in [1.807, 2.05) is 12.1 Å². The number of benzene rings is 2. The second-order valence-corrected chi connectivity index (χ2v) is 9.72. The van der Waals surface area contributed by atoms with Gasteiger partial charge in [-0.2, -0.15) is 0 Å². The molecule has 0 aliphatic heterocycles. The molecule has 2 aromatic carbocycles. The summed E-state index contributed by atoms with van der Waals surface area (Å²) in [6.07, 6.45) is 8.62. The summed E-state index contributed by atoms with van der Waals surface area (Å²) >= 11 is 0. The summed E-state index contributed by atoms with van der Waals surface area (Å²) in [6.45, 7) is 10.2. The third kappa shape index (κ3) is 4.84. The lowest BCUT2D eigenvalue weighted by Gasteiger charge is -2.42. The smallest absolute Gasteiger partial charge is 0.335 e. The Bertz CT molecular complexity index is 933. The van der Waals surface area contributed by atoms with Gasteiger partial charge in [0.25, 0.3) is 0 Å². The summed E-state index contributed by atoms with van der Waals surface area (Å²) in [5.74, 6) is -0.898. The first-order chi connectivity index (χ1) is 14.1. The molecule has 0 bridgehead atoms. The van der Waals surface area contributed by atoms with Crippen LogP contribution in [0, 0.1) is 0 Å². The third-order valence-electron chi connectivity index (χ3n) is 6.52. The lowest BCUT2D eigenvalue weighted by atomic mass is 9.62. The van der Waals surface area contributed by atoms with Crippen molar-refractivity contribution in [3.05, 3.63) is 69.8 Å². The molecule has 0 aromatic heterocycles. The minimum Gasteiger partial charge on any atom is -0.478 e. The molecule has 0 fully saturated rings. The van der Waals surface area contributed by atoms with Crippen molar-refractivity contribution in [2.24, 2.45) is 0 Å². The number of fused-ring (bicyclic) bond motifs is 1. The minimum atomic E-state index is -0.898. The van der Waals surface area contributed by atoms with Crippen LogP contribution in [0.4, 0.5) is 0 Å². The lowest BCUT2D eigenvalue weighted by molar-refractivity contribution is 0.0697. The van der Waals surface area contributed by atoms with Crippen LogP contribution in [0.2, 0.25) is 0 Å². The number of aryl methyl sites for hydroxylation is 1. The zero-order valence-electron chi connectivity index (χ0n) is 18.9. The molecular formula is C27H34O3. The molecule has 0 atom stereocenters. The molecule has 0 radical (unpaired) electrons. The van der Waals surface area contributed by atoms with Crippen LogP contribution in [0.3, 0.4) is 0 Å². The van der Waals surface area contributed by atoms with Crippen LogP contribution >= 0.6 is 0 Å². The standard InChI is InChI=1S/C27H34O3/c1-26(2)14-15-27(3,4)24-18-22(21(17-23(24)26)7-6-16-30-5)13-10-19-8-11-20(12-9-19)25(28)29/h8-13,17-18H,6-7,14-16H2,1-5H3,(H,28,29). The first-order valence-electron chi connectivity index (χ1n) is 10.8. The maximum Gasteiger partial charge on any atom is 0.335 e. The number of carboxylic acids is 1. The Kier molecular flexibility index (Phi) is 6.52. The Balaban J connectivity index is 2.01. The van der Waals surface area contributed by atoms with Gasteiger partial charge in [0.05, 0.1) is 5.56 Å². The molecule has 1 aliphatic rings. The highest BCUT2D eigenvalue weighted by atomic mass is 16.5. The van der Waals surface area contributed by atoms with Crippen molar-refractivity contribution < 1.29 is 14.6 Å².